The molecule has 4 amide bonds. The van der Waals surface area contributed by atoms with Crippen molar-refractivity contribution in [3.63, 3.8) is 0 Å². The van der Waals surface area contributed by atoms with Crippen LogP contribution in [0, 0.1) is 71.0 Å². The maximum Gasteiger partial charge on any atom is 0.232 e. The second kappa shape index (κ2) is 8.37. The van der Waals surface area contributed by atoms with Crippen molar-refractivity contribution in [2.75, 3.05) is 6.61 Å². The van der Waals surface area contributed by atoms with Crippen LogP contribution in [0.15, 0.2) is 0 Å². The average Bonchev–Trinajstić information content (AvgIpc) is 2.89. The number of nitrogens with zero attached hydrogens (tertiary/aromatic N) is 2. The van der Waals surface area contributed by atoms with E-state index in [-0.39, 0.29) is 71.8 Å². The molecule has 5 aliphatic carbocycles. The molecule has 5 saturated carbocycles. The van der Waals surface area contributed by atoms with E-state index in [0.29, 0.717) is 35.5 Å². The summed E-state index contributed by atoms with van der Waals surface area (Å²) >= 11 is 0. The lowest BCUT2D eigenvalue weighted by Gasteiger charge is -2.68. The van der Waals surface area contributed by atoms with Gasteiger partial charge in [0.25, 0.3) is 0 Å². The van der Waals surface area contributed by atoms with E-state index in [2.05, 4.69) is 0 Å². The molecule has 1 N–H and O–H groups in total. The summed E-state index contributed by atoms with van der Waals surface area (Å²) in [7, 11) is 0. The van der Waals surface area contributed by atoms with E-state index < -0.39 is 6.04 Å². The molecule has 0 spiro atoms. The number of piperidine rings is 2. The fourth-order valence-corrected chi connectivity index (χ4v) is 11.5. The first-order chi connectivity index (χ1) is 17.8. The molecule has 0 radical (unpaired) electrons. The van der Waals surface area contributed by atoms with Crippen LogP contribution in [0.1, 0.15) is 72.1 Å². The Hall–Kier alpha value is -1.76. The van der Waals surface area contributed by atoms with E-state index in [1.54, 1.807) is 11.8 Å². The predicted octanol–water partition coefficient (Wildman–Crippen LogP) is 3.10. The maximum absolute atomic E-state index is 13.6. The van der Waals surface area contributed by atoms with E-state index in [4.69, 9.17) is 0 Å². The molecule has 2 saturated heterocycles. The Morgan fingerprint density at radius 1 is 0.568 bits per heavy atom. The van der Waals surface area contributed by atoms with Gasteiger partial charge >= 0.3 is 0 Å². The molecule has 202 valence electrons. The van der Waals surface area contributed by atoms with Crippen molar-refractivity contribution in [2.45, 2.75) is 84.2 Å². The highest BCUT2D eigenvalue weighted by Gasteiger charge is 2.68. The number of likely N-dealkylation sites (tertiary alicyclic amines) is 2. The molecule has 0 aromatic rings. The number of aliphatic hydroxyl groups excluding tert-OH is 1. The van der Waals surface area contributed by atoms with Crippen LogP contribution in [0.2, 0.25) is 0 Å². The van der Waals surface area contributed by atoms with E-state index in [1.165, 1.54) is 4.90 Å². The molecule has 7 heteroatoms. The number of aliphatic hydroxyl groups is 1. The van der Waals surface area contributed by atoms with Gasteiger partial charge < -0.3 is 5.11 Å². The van der Waals surface area contributed by atoms with Crippen molar-refractivity contribution in [3.8, 4) is 0 Å². The molecule has 0 aromatic carbocycles. The second-order valence-electron chi connectivity index (χ2n) is 13.9. The molecule has 7 fully saturated rings. The minimum atomic E-state index is -0.454. The molecule has 7 nitrogen and oxygen atoms in total. The summed E-state index contributed by atoms with van der Waals surface area (Å²) < 4.78 is 0. The third-order valence-electron chi connectivity index (χ3n) is 12.5. The van der Waals surface area contributed by atoms with E-state index in [0.717, 1.165) is 51.4 Å². The van der Waals surface area contributed by atoms with E-state index in [9.17, 15) is 24.3 Å². The molecule has 9 atom stereocenters. The standard InChI is InChI=1S/C30H42N2O5/c1-13(2)31-27(34)19-8-4-15-17-6-10-21-26-22(30(37)32(29(21)36)14(3)12-33)11-7-18(24(17)26)16-5-9-20(28(31)35)25(19)23(15)16/h13-26,33H,4-12H2,1-3H3. The van der Waals surface area contributed by atoms with Crippen molar-refractivity contribution in [3.05, 3.63) is 0 Å². The number of fused-ring (bicyclic) bond motifs is 2. The van der Waals surface area contributed by atoms with Gasteiger partial charge in [0, 0.05) is 29.7 Å². The summed E-state index contributed by atoms with van der Waals surface area (Å²) in [5, 5.41) is 9.76. The molecule has 0 aromatic heterocycles. The van der Waals surface area contributed by atoms with Gasteiger partial charge in [-0.1, -0.05) is 0 Å². The van der Waals surface area contributed by atoms with Gasteiger partial charge in [0.15, 0.2) is 0 Å². The molecular weight excluding hydrogens is 468 g/mol. The summed E-state index contributed by atoms with van der Waals surface area (Å²) in [6.07, 6.45) is 7.57. The number of imide groups is 2. The first-order valence-electron chi connectivity index (χ1n) is 15.1. The van der Waals surface area contributed by atoms with Crippen LogP contribution < -0.4 is 0 Å². The number of amides is 4. The quantitative estimate of drug-likeness (QED) is 0.589. The molecule has 0 bridgehead atoms. The van der Waals surface area contributed by atoms with Crippen LogP contribution in [-0.2, 0) is 19.2 Å². The summed E-state index contributed by atoms with van der Waals surface area (Å²) in [6, 6.07) is -0.531. The lowest BCUT2D eigenvalue weighted by Crippen LogP contribution is -2.69. The summed E-state index contributed by atoms with van der Waals surface area (Å²) in [5.41, 5.74) is 0. The number of carbonyl (C=O) groups excluding carboxylic acids is 4. The molecular formula is C30H42N2O5. The Labute approximate surface area is 219 Å². The SMILES string of the molecule is CC(C)N1C(=O)C2CCC3C4CCC5C(=O)N(C(C)CO)C(=O)C6CCC(C7CCC(C1=O)C2C37)C4C56. The highest BCUT2D eigenvalue weighted by molar-refractivity contribution is 6.01. The zero-order valence-electron chi connectivity index (χ0n) is 22.4. The van der Waals surface area contributed by atoms with Gasteiger partial charge in [-0.15, -0.1) is 0 Å². The van der Waals surface area contributed by atoms with E-state index in [1.807, 2.05) is 13.8 Å². The first kappa shape index (κ1) is 24.3. The predicted molar refractivity (Wildman–Crippen MR) is 134 cm³/mol. The van der Waals surface area contributed by atoms with Gasteiger partial charge in [0.1, 0.15) is 0 Å². The number of carbonyl (C=O) groups is 4. The highest BCUT2D eigenvalue weighted by atomic mass is 16.3. The zero-order chi connectivity index (χ0) is 25.9. The lowest BCUT2D eigenvalue weighted by molar-refractivity contribution is -0.212. The van der Waals surface area contributed by atoms with Crippen molar-refractivity contribution in [1.82, 2.24) is 9.80 Å². The third kappa shape index (κ3) is 3.04. The van der Waals surface area contributed by atoms with Crippen LogP contribution in [0.25, 0.3) is 0 Å². The van der Waals surface area contributed by atoms with Crippen molar-refractivity contribution in [1.29, 1.82) is 0 Å². The topological polar surface area (TPSA) is 95.0 Å². The average molecular weight is 511 g/mol. The molecule has 9 unspecified atom stereocenters. The molecule has 7 rings (SSSR count). The number of rotatable bonds is 3. The molecule has 2 aliphatic heterocycles. The second-order valence-corrected chi connectivity index (χ2v) is 13.9. The fraction of sp³-hybridized carbons (Fsp3) is 0.867. The number of hydrogen-bond donors (Lipinski definition) is 1. The minimum absolute atomic E-state index is 0.00950. The Kier molecular flexibility index (Phi) is 5.49. The van der Waals surface area contributed by atoms with Crippen LogP contribution in [0.4, 0.5) is 0 Å². The Morgan fingerprint density at radius 2 is 0.892 bits per heavy atom. The zero-order valence-corrected chi connectivity index (χ0v) is 22.4. The van der Waals surface area contributed by atoms with Crippen LogP contribution in [-0.4, -0.2) is 57.2 Å². The van der Waals surface area contributed by atoms with Gasteiger partial charge in [0.05, 0.1) is 12.6 Å². The van der Waals surface area contributed by atoms with Crippen LogP contribution in [0.3, 0.4) is 0 Å². The van der Waals surface area contributed by atoms with Gasteiger partial charge in [0.2, 0.25) is 23.6 Å². The maximum atomic E-state index is 13.6. The summed E-state index contributed by atoms with van der Waals surface area (Å²) in [4.78, 5) is 57.4. The Bertz CT molecular complexity index is 973. The highest BCUT2D eigenvalue weighted by Crippen LogP contribution is 2.69. The van der Waals surface area contributed by atoms with E-state index >= 15 is 0 Å². The first-order valence-corrected chi connectivity index (χ1v) is 15.1. The lowest BCUT2D eigenvalue weighted by atomic mass is 9.38. The number of hydrogen-bond acceptors (Lipinski definition) is 5. The van der Waals surface area contributed by atoms with Gasteiger partial charge in [-0.25, -0.2) is 0 Å². The minimum Gasteiger partial charge on any atom is -0.394 e. The molecule has 7 aliphatic rings. The largest absolute Gasteiger partial charge is 0.394 e. The van der Waals surface area contributed by atoms with Crippen molar-refractivity contribution >= 4 is 23.6 Å². The van der Waals surface area contributed by atoms with Gasteiger partial charge in [-0.3, -0.25) is 29.0 Å². The van der Waals surface area contributed by atoms with Crippen LogP contribution >= 0.6 is 0 Å². The smallest absolute Gasteiger partial charge is 0.232 e. The summed E-state index contributed by atoms with van der Waals surface area (Å²) in [6.45, 7) is 5.52. The Morgan fingerprint density at radius 3 is 1.19 bits per heavy atom. The Balaban J connectivity index is 1.24. The monoisotopic (exact) mass is 510 g/mol. The molecule has 37 heavy (non-hydrogen) atoms. The third-order valence-corrected chi connectivity index (χ3v) is 12.5. The van der Waals surface area contributed by atoms with Gasteiger partial charge in [-0.2, -0.15) is 0 Å². The van der Waals surface area contributed by atoms with Crippen molar-refractivity contribution in [2.24, 2.45) is 71.0 Å². The van der Waals surface area contributed by atoms with Gasteiger partial charge in [-0.05, 0) is 119 Å². The van der Waals surface area contributed by atoms with Crippen molar-refractivity contribution < 1.29 is 24.3 Å². The normalized spacial score (nSPS) is 49.1. The fourth-order valence-electron chi connectivity index (χ4n) is 11.5. The molecule has 2 heterocycles. The summed E-state index contributed by atoms with van der Waals surface area (Å²) in [5.74, 6) is 3.10. The van der Waals surface area contributed by atoms with Crippen LogP contribution in [0.5, 0.6) is 0 Å².